The summed E-state index contributed by atoms with van der Waals surface area (Å²) in [5.74, 6) is 0.634. The molecule has 1 aromatic carbocycles. The van der Waals surface area contributed by atoms with Crippen LogP contribution in [0.1, 0.15) is 5.56 Å². The molecule has 1 saturated heterocycles. The standard InChI is InChI=1S/C12H8Cl3N5.C5H11O8P/c13-6-1-8(14)7(9(15)2-6)3-16-11-10-12(18-4-17-10)20-5-19-11;6-3-2(1-12-14(9,10)11)13-5(8)4(3)7/h1-2,4-5H,3H2,(H2,16,17,18,19,20);2-8H,1H2,(H2,9,10,11)/t;2-,3-,4-,5?/m.1/s1. The van der Waals surface area contributed by atoms with E-state index in [4.69, 9.17) is 59.9 Å². The molecular formula is C17H19Cl3N5O8P. The van der Waals surface area contributed by atoms with Crippen molar-refractivity contribution in [3.8, 4) is 0 Å². The maximum Gasteiger partial charge on any atom is 0.469 e. The third kappa shape index (κ3) is 6.97. The Labute approximate surface area is 206 Å². The largest absolute Gasteiger partial charge is 0.469 e. The molecule has 1 unspecified atom stereocenters. The maximum absolute atomic E-state index is 10.3. The number of phosphoric acid groups is 1. The highest BCUT2D eigenvalue weighted by Crippen LogP contribution is 2.37. The first-order chi connectivity index (χ1) is 16.0. The number of nitrogens with zero attached hydrogens (tertiary/aromatic N) is 3. The summed E-state index contributed by atoms with van der Waals surface area (Å²) in [6.45, 7) is -0.195. The van der Waals surface area contributed by atoms with Gasteiger partial charge in [0.2, 0.25) is 0 Å². The van der Waals surface area contributed by atoms with Crippen LogP contribution in [0.3, 0.4) is 0 Å². The molecule has 0 saturated carbocycles. The van der Waals surface area contributed by atoms with E-state index >= 15 is 0 Å². The van der Waals surface area contributed by atoms with Crippen molar-refractivity contribution in [3.63, 3.8) is 0 Å². The van der Waals surface area contributed by atoms with Gasteiger partial charge in [0.1, 0.15) is 30.2 Å². The molecule has 34 heavy (non-hydrogen) atoms. The fourth-order valence-electron chi connectivity index (χ4n) is 2.85. The van der Waals surface area contributed by atoms with Crippen molar-refractivity contribution in [3.05, 3.63) is 45.4 Å². The Hall–Kier alpha value is -1.61. The zero-order chi connectivity index (χ0) is 25.0. The summed E-state index contributed by atoms with van der Waals surface area (Å²) >= 11 is 18.2. The van der Waals surface area contributed by atoms with E-state index in [1.54, 1.807) is 18.5 Å². The Bertz CT molecular complexity index is 1160. The molecule has 1 fully saturated rings. The van der Waals surface area contributed by atoms with Crippen LogP contribution in [0.5, 0.6) is 0 Å². The highest BCUT2D eigenvalue weighted by molar-refractivity contribution is 7.46. The summed E-state index contributed by atoms with van der Waals surface area (Å²) < 4.78 is 18.9. The number of rotatable bonds is 6. The third-order valence-electron chi connectivity index (χ3n) is 4.51. The minimum Gasteiger partial charge on any atom is -0.387 e. The lowest BCUT2D eigenvalue weighted by Gasteiger charge is -2.14. The number of aliphatic hydroxyl groups is 3. The van der Waals surface area contributed by atoms with Gasteiger partial charge in [0.15, 0.2) is 17.8 Å². The van der Waals surface area contributed by atoms with Gasteiger partial charge >= 0.3 is 7.82 Å². The lowest BCUT2D eigenvalue weighted by Crippen LogP contribution is -2.34. The number of halogens is 3. The second-order valence-corrected chi connectivity index (χ2v) is 9.35. The predicted octanol–water partition coefficient (Wildman–Crippen LogP) is 1.46. The molecule has 7 N–H and O–H groups in total. The molecule has 3 heterocycles. The van der Waals surface area contributed by atoms with Crippen molar-refractivity contribution in [2.75, 3.05) is 11.9 Å². The summed E-state index contributed by atoms with van der Waals surface area (Å²) in [5, 5.41) is 31.7. The zero-order valence-electron chi connectivity index (χ0n) is 16.9. The van der Waals surface area contributed by atoms with Crippen LogP contribution in [0.2, 0.25) is 15.1 Å². The topological polar surface area (TPSA) is 203 Å². The van der Waals surface area contributed by atoms with Crippen LogP contribution in [-0.4, -0.2) is 76.3 Å². The number of anilines is 1. The van der Waals surface area contributed by atoms with E-state index in [-0.39, 0.29) is 0 Å². The molecule has 0 radical (unpaired) electrons. The number of phosphoric ester groups is 1. The van der Waals surface area contributed by atoms with Crippen molar-refractivity contribution in [1.29, 1.82) is 0 Å². The second kappa shape index (κ2) is 11.4. The number of fused-ring (bicyclic) bond motifs is 1. The van der Waals surface area contributed by atoms with Gasteiger partial charge in [0.25, 0.3) is 0 Å². The first kappa shape index (κ1) is 27.0. The van der Waals surface area contributed by atoms with E-state index in [9.17, 15) is 4.57 Å². The summed E-state index contributed by atoms with van der Waals surface area (Å²) in [6, 6.07) is 3.30. The average molecular weight is 559 g/mol. The molecule has 17 heteroatoms. The van der Waals surface area contributed by atoms with Crippen molar-refractivity contribution in [2.24, 2.45) is 0 Å². The number of nitrogens with one attached hydrogen (secondary N) is 2. The number of imidazole rings is 1. The van der Waals surface area contributed by atoms with Gasteiger partial charge in [0.05, 0.1) is 12.9 Å². The Morgan fingerprint density at radius 1 is 1.09 bits per heavy atom. The first-order valence-electron chi connectivity index (χ1n) is 9.37. The van der Waals surface area contributed by atoms with Crippen LogP contribution in [-0.2, 0) is 20.4 Å². The average Bonchev–Trinajstić information content (AvgIpc) is 3.32. The minimum absolute atomic E-state index is 0.417. The molecule has 13 nitrogen and oxygen atoms in total. The van der Waals surface area contributed by atoms with Gasteiger partial charge in [-0.25, -0.2) is 19.5 Å². The monoisotopic (exact) mass is 557 g/mol. The van der Waals surface area contributed by atoms with Crippen molar-refractivity contribution < 1.29 is 38.9 Å². The van der Waals surface area contributed by atoms with Crippen LogP contribution in [0.25, 0.3) is 11.2 Å². The number of ether oxygens (including phenoxy) is 1. The van der Waals surface area contributed by atoms with Crippen molar-refractivity contribution in [2.45, 2.75) is 31.1 Å². The number of aromatic nitrogens is 4. The molecule has 2 aromatic heterocycles. The van der Waals surface area contributed by atoms with Crippen LogP contribution in [0.4, 0.5) is 5.82 Å². The molecule has 0 amide bonds. The molecule has 0 aliphatic carbocycles. The summed E-state index contributed by atoms with van der Waals surface area (Å²) in [5.41, 5.74) is 2.08. The van der Waals surface area contributed by atoms with Crippen LogP contribution in [0.15, 0.2) is 24.8 Å². The van der Waals surface area contributed by atoms with E-state index < -0.39 is 39.0 Å². The highest BCUT2D eigenvalue weighted by atomic mass is 35.5. The quantitative estimate of drug-likeness (QED) is 0.215. The van der Waals surface area contributed by atoms with Crippen LogP contribution < -0.4 is 5.32 Å². The summed E-state index contributed by atoms with van der Waals surface area (Å²) in [6.07, 6.45) is -2.66. The van der Waals surface area contributed by atoms with Crippen LogP contribution in [0, 0.1) is 0 Å². The Morgan fingerprint density at radius 3 is 2.35 bits per heavy atom. The molecule has 1 aliphatic rings. The van der Waals surface area contributed by atoms with E-state index in [1.807, 2.05) is 0 Å². The first-order valence-corrected chi connectivity index (χ1v) is 12.0. The Kier molecular flexibility index (Phi) is 9.06. The predicted molar refractivity (Wildman–Crippen MR) is 121 cm³/mol. The molecule has 1 aliphatic heterocycles. The molecular weight excluding hydrogens is 540 g/mol. The molecule has 3 aromatic rings. The zero-order valence-corrected chi connectivity index (χ0v) is 20.1. The van der Waals surface area contributed by atoms with Gasteiger partial charge in [-0.2, -0.15) is 0 Å². The number of aromatic amines is 1. The van der Waals surface area contributed by atoms with Gasteiger partial charge < -0.3 is 40.1 Å². The van der Waals surface area contributed by atoms with Gasteiger partial charge in [-0.15, -0.1) is 0 Å². The number of benzene rings is 1. The SMILES string of the molecule is Clc1cc(Cl)c(CNc2ncnc3nc[nH]c23)c(Cl)c1.O=P(O)(O)OC[C@H]1OC(O)[C@H](O)[C@@H]1O. The van der Waals surface area contributed by atoms with Crippen molar-refractivity contribution >= 4 is 59.6 Å². The summed E-state index contributed by atoms with van der Waals surface area (Å²) in [7, 11) is -4.64. The van der Waals surface area contributed by atoms with E-state index in [0.29, 0.717) is 33.1 Å². The van der Waals surface area contributed by atoms with Gasteiger partial charge in [-0.3, -0.25) is 4.52 Å². The van der Waals surface area contributed by atoms with Gasteiger partial charge in [0, 0.05) is 27.2 Å². The minimum atomic E-state index is -4.64. The molecule has 0 bridgehead atoms. The fraction of sp³-hybridized carbons (Fsp3) is 0.353. The van der Waals surface area contributed by atoms with Gasteiger partial charge in [-0.1, -0.05) is 34.8 Å². The second-order valence-electron chi connectivity index (χ2n) is 6.86. The smallest absolute Gasteiger partial charge is 0.387 e. The molecule has 4 rings (SSSR count). The Balaban J connectivity index is 0.000000204. The fourth-order valence-corrected chi connectivity index (χ4v) is 4.14. The van der Waals surface area contributed by atoms with Crippen LogP contribution >= 0.6 is 42.6 Å². The van der Waals surface area contributed by atoms with E-state index in [0.717, 1.165) is 11.1 Å². The van der Waals surface area contributed by atoms with E-state index in [1.165, 1.54) is 6.33 Å². The number of aliphatic hydroxyl groups excluding tert-OH is 3. The lowest BCUT2D eigenvalue weighted by molar-refractivity contribution is -0.132. The lowest BCUT2D eigenvalue weighted by atomic mass is 10.1. The number of hydrogen-bond acceptors (Lipinski definition) is 10. The Morgan fingerprint density at radius 2 is 1.76 bits per heavy atom. The highest BCUT2D eigenvalue weighted by Gasteiger charge is 2.42. The molecule has 186 valence electrons. The summed E-state index contributed by atoms with van der Waals surface area (Å²) in [4.78, 5) is 31.9. The molecule has 4 atom stereocenters. The maximum atomic E-state index is 10.3. The van der Waals surface area contributed by atoms with Gasteiger partial charge in [-0.05, 0) is 12.1 Å². The van der Waals surface area contributed by atoms with E-state index in [2.05, 4.69) is 34.5 Å². The third-order valence-corrected chi connectivity index (χ3v) is 5.88. The normalized spacial score (nSPS) is 22.5. The number of H-pyrrole nitrogens is 1. The molecule has 0 spiro atoms. The van der Waals surface area contributed by atoms with Crippen molar-refractivity contribution in [1.82, 2.24) is 19.9 Å². The number of hydrogen-bond donors (Lipinski definition) is 7.